The van der Waals surface area contributed by atoms with Gasteiger partial charge >= 0.3 is 0 Å². The highest BCUT2D eigenvalue weighted by Crippen LogP contribution is 2.21. The van der Waals surface area contributed by atoms with Crippen LogP contribution in [-0.2, 0) is 27.8 Å². The molecule has 0 aliphatic carbocycles. The van der Waals surface area contributed by atoms with Gasteiger partial charge < -0.3 is 10.2 Å². The maximum atomic E-state index is 13.4. The van der Waals surface area contributed by atoms with Crippen molar-refractivity contribution >= 4 is 31.9 Å². The summed E-state index contributed by atoms with van der Waals surface area (Å²) >= 11 is 3.40. The first-order chi connectivity index (χ1) is 13.9. The Morgan fingerprint density at radius 2 is 1.62 bits per heavy atom. The molecule has 156 valence electrons. The lowest BCUT2D eigenvalue weighted by molar-refractivity contribution is -0.132. The summed E-state index contributed by atoms with van der Waals surface area (Å²) in [6.07, 6.45) is 0.838. The molecule has 0 bridgehead atoms. The first-order valence-electron chi connectivity index (χ1n) is 9.72. The second-order valence-corrected chi connectivity index (χ2v) is 9.88. The highest BCUT2D eigenvalue weighted by molar-refractivity contribution is 9.10. The zero-order valence-corrected chi connectivity index (χ0v) is 18.9. The number of hydrogen-bond acceptors (Lipinski definition) is 4. The predicted molar refractivity (Wildman–Crippen MR) is 117 cm³/mol. The number of nitrogens with one attached hydrogen (secondary N) is 1. The van der Waals surface area contributed by atoms with E-state index in [-0.39, 0.29) is 23.9 Å². The third-order valence-electron chi connectivity index (χ3n) is 5.02. The molecule has 1 N–H and O–H groups in total. The SMILES string of the molecule is CCc1ccc(S(=O)(=O)N(CC(=O)N2CCNCC2)Cc2ccc(Br)cc2)cc1. The average Bonchev–Trinajstić information content (AvgIpc) is 2.75. The average molecular weight is 480 g/mol. The number of aryl methyl sites for hydroxylation is 1. The minimum atomic E-state index is -3.81. The number of benzene rings is 2. The van der Waals surface area contributed by atoms with Crippen molar-refractivity contribution in [2.45, 2.75) is 24.8 Å². The zero-order chi connectivity index (χ0) is 20.9. The lowest BCUT2D eigenvalue weighted by atomic mass is 10.2. The van der Waals surface area contributed by atoms with E-state index in [0.29, 0.717) is 13.1 Å². The Kier molecular flexibility index (Phi) is 7.45. The summed E-state index contributed by atoms with van der Waals surface area (Å²) in [5.74, 6) is -0.169. The molecule has 8 heteroatoms. The van der Waals surface area contributed by atoms with Gasteiger partial charge in [-0.25, -0.2) is 8.42 Å². The van der Waals surface area contributed by atoms with E-state index in [2.05, 4.69) is 21.2 Å². The van der Waals surface area contributed by atoms with Crippen LogP contribution in [0.1, 0.15) is 18.1 Å². The van der Waals surface area contributed by atoms with Crippen LogP contribution in [0.3, 0.4) is 0 Å². The van der Waals surface area contributed by atoms with Crippen LogP contribution in [0.4, 0.5) is 0 Å². The second-order valence-electron chi connectivity index (χ2n) is 7.03. The van der Waals surface area contributed by atoms with Gasteiger partial charge in [0, 0.05) is 37.2 Å². The summed E-state index contributed by atoms with van der Waals surface area (Å²) in [5.41, 5.74) is 1.90. The summed E-state index contributed by atoms with van der Waals surface area (Å²) in [7, 11) is -3.81. The molecule has 1 aliphatic heterocycles. The summed E-state index contributed by atoms with van der Waals surface area (Å²) in [4.78, 5) is 14.7. The van der Waals surface area contributed by atoms with E-state index in [4.69, 9.17) is 0 Å². The van der Waals surface area contributed by atoms with E-state index in [1.165, 1.54) is 4.31 Å². The first kappa shape index (κ1) is 22.0. The van der Waals surface area contributed by atoms with Crippen molar-refractivity contribution in [1.82, 2.24) is 14.5 Å². The molecule has 0 aromatic heterocycles. The molecule has 0 spiro atoms. The molecule has 1 saturated heterocycles. The van der Waals surface area contributed by atoms with Gasteiger partial charge in [-0.1, -0.05) is 47.1 Å². The zero-order valence-electron chi connectivity index (χ0n) is 16.5. The lowest BCUT2D eigenvalue weighted by Gasteiger charge is -2.30. The molecular formula is C21H26BrN3O3S. The van der Waals surface area contributed by atoms with E-state index in [9.17, 15) is 13.2 Å². The van der Waals surface area contributed by atoms with Crippen molar-refractivity contribution in [3.05, 3.63) is 64.1 Å². The Hall–Kier alpha value is -1.74. The van der Waals surface area contributed by atoms with Crippen LogP contribution < -0.4 is 5.32 Å². The van der Waals surface area contributed by atoms with Gasteiger partial charge in [-0.05, 0) is 41.8 Å². The van der Waals surface area contributed by atoms with Gasteiger partial charge in [0.15, 0.2) is 0 Å². The molecule has 1 fully saturated rings. The van der Waals surface area contributed by atoms with Gasteiger partial charge in [0.25, 0.3) is 0 Å². The Morgan fingerprint density at radius 1 is 1.03 bits per heavy atom. The van der Waals surface area contributed by atoms with E-state index < -0.39 is 10.0 Å². The van der Waals surface area contributed by atoms with Gasteiger partial charge in [0.2, 0.25) is 15.9 Å². The van der Waals surface area contributed by atoms with Crippen LogP contribution in [0, 0.1) is 0 Å². The van der Waals surface area contributed by atoms with E-state index in [0.717, 1.165) is 35.1 Å². The third kappa shape index (κ3) is 5.66. The molecule has 2 aromatic rings. The van der Waals surface area contributed by atoms with Crippen molar-refractivity contribution in [2.24, 2.45) is 0 Å². The molecule has 1 aliphatic rings. The van der Waals surface area contributed by atoms with Crippen LogP contribution in [0.2, 0.25) is 0 Å². The summed E-state index contributed by atoms with van der Waals surface area (Å²) in [6, 6.07) is 14.4. The lowest BCUT2D eigenvalue weighted by Crippen LogP contribution is -2.50. The number of amides is 1. The molecule has 2 aromatic carbocycles. The predicted octanol–water partition coefficient (Wildman–Crippen LogP) is 2.63. The standard InChI is InChI=1S/C21H26BrN3O3S/c1-2-17-5-9-20(10-6-17)29(27,28)25(15-18-3-7-19(22)8-4-18)16-21(26)24-13-11-23-12-14-24/h3-10,23H,2,11-16H2,1H3. The van der Waals surface area contributed by atoms with Gasteiger partial charge in [0.05, 0.1) is 11.4 Å². The Balaban J connectivity index is 1.87. The molecule has 1 heterocycles. The van der Waals surface area contributed by atoms with Gasteiger partial charge in [-0.15, -0.1) is 0 Å². The Morgan fingerprint density at radius 3 is 2.21 bits per heavy atom. The molecule has 29 heavy (non-hydrogen) atoms. The fourth-order valence-corrected chi connectivity index (χ4v) is 4.87. The van der Waals surface area contributed by atoms with Crippen molar-refractivity contribution < 1.29 is 13.2 Å². The Bertz CT molecular complexity index is 925. The fourth-order valence-electron chi connectivity index (χ4n) is 3.23. The van der Waals surface area contributed by atoms with Crippen LogP contribution in [-0.4, -0.2) is 56.3 Å². The monoisotopic (exact) mass is 479 g/mol. The minimum absolute atomic E-state index is 0.142. The quantitative estimate of drug-likeness (QED) is 0.662. The molecule has 0 atom stereocenters. The number of sulfonamides is 1. The highest BCUT2D eigenvalue weighted by Gasteiger charge is 2.29. The van der Waals surface area contributed by atoms with Crippen LogP contribution in [0.15, 0.2) is 57.9 Å². The van der Waals surface area contributed by atoms with Crippen LogP contribution in [0.25, 0.3) is 0 Å². The molecule has 1 amide bonds. The number of carbonyl (C=O) groups excluding carboxylic acids is 1. The van der Waals surface area contributed by atoms with E-state index in [1.54, 1.807) is 17.0 Å². The number of halogens is 1. The molecule has 6 nitrogen and oxygen atoms in total. The smallest absolute Gasteiger partial charge is 0.243 e. The number of nitrogens with zero attached hydrogens (tertiary/aromatic N) is 2. The number of hydrogen-bond donors (Lipinski definition) is 1. The Labute approximate surface area is 181 Å². The van der Waals surface area contributed by atoms with Crippen molar-refractivity contribution in [3.63, 3.8) is 0 Å². The highest BCUT2D eigenvalue weighted by atomic mass is 79.9. The van der Waals surface area contributed by atoms with Gasteiger partial charge in [0.1, 0.15) is 0 Å². The first-order valence-corrected chi connectivity index (χ1v) is 12.0. The molecule has 0 unspecified atom stereocenters. The maximum absolute atomic E-state index is 13.4. The van der Waals surface area contributed by atoms with Crippen molar-refractivity contribution in [3.8, 4) is 0 Å². The minimum Gasteiger partial charge on any atom is -0.339 e. The van der Waals surface area contributed by atoms with E-state index in [1.807, 2.05) is 43.3 Å². The van der Waals surface area contributed by atoms with Gasteiger partial charge in [-0.2, -0.15) is 4.31 Å². The molecule has 0 radical (unpaired) electrons. The fraction of sp³-hybridized carbons (Fsp3) is 0.381. The number of carbonyl (C=O) groups is 1. The van der Waals surface area contributed by atoms with Crippen LogP contribution in [0.5, 0.6) is 0 Å². The van der Waals surface area contributed by atoms with Crippen molar-refractivity contribution in [2.75, 3.05) is 32.7 Å². The summed E-state index contributed by atoms with van der Waals surface area (Å²) in [5, 5.41) is 3.20. The third-order valence-corrected chi connectivity index (χ3v) is 7.36. The topological polar surface area (TPSA) is 69.7 Å². The van der Waals surface area contributed by atoms with E-state index >= 15 is 0 Å². The number of piperazine rings is 1. The maximum Gasteiger partial charge on any atom is 0.243 e. The van der Waals surface area contributed by atoms with Crippen LogP contribution >= 0.6 is 15.9 Å². The summed E-state index contributed by atoms with van der Waals surface area (Å²) in [6.45, 7) is 4.63. The van der Waals surface area contributed by atoms with Crippen molar-refractivity contribution in [1.29, 1.82) is 0 Å². The molecular weight excluding hydrogens is 454 g/mol. The largest absolute Gasteiger partial charge is 0.339 e. The second kappa shape index (κ2) is 9.84. The molecule has 0 saturated carbocycles. The normalized spacial score (nSPS) is 14.9. The van der Waals surface area contributed by atoms with Gasteiger partial charge in [-0.3, -0.25) is 4.79 Å². The summed E-state index contributed by atoms with van der Waals surface area (Å²) < 4.78 is 28.9. The number of rotatable bonds is 7. The molecule has 3 rings (SSSR count).